The fourth-order valence-corrected chi connectivity index (χ4v) is 2.49. The van der Waals surface area contributed by atoms with Gasteiger partial charge >= 0.3 is 0 Å². The molecule has 1 aromatic heterocycles. The molecule has 0 saturated heterocycles. The number of carbonyl (C=O) groups is 1. The molecular formula is C20H17N5O4. The molecule has 0 spiro atoms. The maximum atomic E-state index is 12.1. The summed E-state index contributed by atoms with van der Waals surface area (Å²) in [6.45, 7) is 0. The van der Waals surface area contributed by atoms with Gasteiger partial charge in [0.15, 0.2) is 0 Å². The van der Waals surface area contributed by atoms with Gasteiger partial charge in [-0.15, -0.1) is 0 Å². The summed E-state index contributed by atoms with van der Waals surface area (Å²) in [7, 11) is 1.59. The lowest BCUT2D eigenvalue weighted by Crippen LogP contribution is -2.17. The number of ether oxygens (including phenoxy) is 1. The molecule has 0 bridgehead atoms. The quantitative estimate of drug-likeness (QED) is 0.363. The minimum Gasteiger partial charge on any atom is -0.497 e. The van der Waals surface area contributed by atoms with E-state index < -0.39 is 10.8 Å². The normalized spacial score (nSPS) is 11.1. The average molecular weight is 391 g/mol. The molecule has 0 aliphatic rings. The van der Waals surface area contributed by atoms with Gasteiger partial charge in [0.1, 0.15) is 11.4 Å². The van der Waals surface area contributed by atoms with Crippen LogP contribution in [0.15, 0.2) is 65.8 Å². The van der Waals surface area contributed by atoms with E-state index in [-0.39, 0.29) is 11.4 Å². The van der Waals surface area contributed by atoms with Crippen LogP contribution in [0, 0.1) is 10.1 Å². The lowest BCUT2D eigenvalue weighted by Gasteiger charge is -1.99. The van der Waals surface area contributed by atoms with E-state index in [4.69, 9.17) is 4.74 Å². The number of benzene rings is 2. The number of methoxy groups -OCH3 is 1. The number of aromatic nitrogens is 2. The highest BCUT2D eigenvalue weighted by Crippen LogP contribution is 2.21. The van der Waals surface area contributed by atoms with Crippen LogP contribution in [0.1, 0.15) is 16.1 Å². The Labute approximate surface area is 165 Å². The standard InChI is InChI=1S/C20H17N5O4/c1-29-16-10-8-14(9-11-16)17-13-18(23-22-17)20(26)24-21-12-4-6-15-5-2-3-7-19(15)25(27)28/h2-13H,1H3,(H,22,23)(H,24,26). The van der Waals surface area contributed by atoms with Crippen LogP contribution in [0.5, 0.6) is 5.75 Å². The molecule has 9 heteroatoms. The third-order valence-electron chi connectivity index (χ3n) is 3.94. The van der Waals surface area contributed by atoms with Crippen molar-refractivity contribution in [2.45, 2.75) is 0 Å². The maximum absolute atomic E-state index is 12.1. The summed E-state index contributed by atoms with van der Waals surface area (Å²) in [5, 5.41) is 21.5. The number of rotatable bonds is 7. The second kappa shape index (κ2) is 9.09. The van der Waals surface area contributed by atoms with Gasteiger partial charge < -0.3 is 4.74 Å². The molecule has 2 N–H and O–H groups in total. The number of hydrogen-bond donors (Lipinski definition) is 2. The second-order valence-electron chi connectivity index (χ2n) is 5.79. The van der Waals surface area contributed by atoms with Crippen LogP contribution in [-0.2, 0) is 0 Å². The minimum atomic E-state index is -0.465. The predicted octanol–water partition coefficient (Wildman–Crippen LogP) is 3.42. The first-order valence-corrected chi connectivity index (χ1v) is 8.52. The number of nitro groups is 1. The van der Waals surface area contributed by atoms with Crippen LogP contribution in [0.4, 0.5) is 5.69 Å². The van der Waals surface area contributed by atoms with Crippen molar-refractivity contribution in [2.75, 3.05) is 7.11 Å². The van der Waals surface area contributed by atoms with Crippen LogP contribution in [0.3, 0.4) is 0 Å². The van der Waals surface area contributed by atoms with Crippen molar-refractivity contribution in [3.63, 3.8) is 0 Å². The molecular weight excluding hydrogens is 374 g/mol. The molecule has 0 aliphatic heterocycles. The number of hydrogen-bond acceptors (Lipinski definition) is 6. The number of para-hydroxylation sites is 1. The van der Waals surface area contributed by atoms with Gasteiger partial charge in [0.2, 0.25) is 0 Å². The summed E-state index contributed by atoms with van der Waals surface area (Å²) < 4.78 is 5.11. The highest BCUT2D eigenvalue weighted by molar-refractivity contribution is 5.94. The number of amides is 1. The van der Waals surface area contributed by atoms with Gasteiger partial charge in [-0.2, -0.15) is 10.2 Å². The Morgan fingerprint density at radius 2 is 2.00 bits per heavy atom. The Kier molecular flexibility index (Phi) is 6.11. The SMILES string of the molecule is COc1ccc(-c2cc(C(=O)NN=CC=Cc3ccccc3[N+](=O)[O-])[nH]n2)cc1. The number of nitro benzene ring substituents is 1. The van der Waals surface area contributed by atoms with E-state index in [1.165, 1.54) is 24.4 Å². The van der Waals surface area contributed by atoms with Gasteiger partial charge in [-0.25, -0.2) is 5.43 Å². The van der Waals surface area contributed by atoms with E-state index in [1.54, 1.807) is 43.5 Å². The molecule has 1 amide bonds. The topological polar surface area (TPSA) is 123 Å². The first-order valence-electron chi connectivity index (χ1n) is 8.52. The lowest BCUT2D eigenvalue weighted by atomic mass is 10.1. The number of nitrogens with one attached hydrogen (secondary N) is 2. The van der Waals surface area contributed by atoms with Crippen molar-refractivity contribution in [2.24, 2.45) is 5.10 Å². The van der Waals surface area contributed by atoms with Crippen molar-refractivity contribution >= 4 is 23.9 Å². The van der Waals surface area contributed by atoms with E-state index in [9.17, 15) is 14.9 Å². The molecule has 0 fully saturated rings. The molecule has 2 aromatic carbocycles. The molecule has 29 heavy (non-hydrogen) atoms. The molecule has 3 aromatic rings. The van der Waals surface area contributed by atoms with E-state index in [1.807, 2.05) is 12.1 Å². The first kappa shape index (κ1) is 19.5. The number of aromatic amines is 1. The maximum Gasteiger partial charge on any atom is 0.289 e. The van der Waals surface area contributed by atoms with E-state index >= 15 is 0 Å². The molecule has 0 aliphatic carbocycles. The largest absolute Gasteiger partial charge is 0.497 e. The first-order chi connectivity index (χ1) is 14.1. The second-order valence-corrected chi connectivity index (χ2v) is 5.79. The highest BCUT2D eigenvalue weighted by atomic mass is 16.6. The number of nitrogens with zero attached hydrogens (tertiary/aromatic N) is 3. The average Bonchev–Trinajstić information content (AvgIpc) is 3.24. The van der Waals surface area contributed by atoms with Crippen molar-refractivity contribution in [1.82, 2.24) is 15.6 Å². The summed E-state index contributed by atoms with van der Waals surface area (Å²) in [6.07, 6.45) is 4.36. The van der Waals surface area contributed by atoms with Crippen molar-refractivity contribution < 1.29 is 14.5 Å². The van der Waals surface area contributed by atoms with Crippen LogP contribution >= 0.6 is 0 Å². The summed E-state index contributed by atoms with van der Waals surface area (Å²) in [5.41, 5.74) is 4.47. The Hall–Kier alpha value is -4.27. The number of hydrazone groups is 1. The zero-order valence-electron chi connectivity index (χ0n) is 15.4. The molecule has 0 atom stereocenters. The minimum absolute atomic E-state index is 0.00953. The fraction of sp³-hybridized carbons (Fsp3) is 0.0500. The van der Waals surface area contributed by atoms with Crippen molar-refractivity contribution in [3.8, 4) is 17.0 Å². The van der Waals surface area contributed by atoms with Gasteiger partial charge in [0.05, 0.1) is 23.3 Å². The molecule has 146 valence electrons. The van der Waals surface area contributed by atoms with Gasteiger partial charge in [-0.3, -0.25) is 20.0 Å². The zero-order chi connectivity index (χ0) is 20.6. The van der Waals surface area contributed by atoms with Gasteiger partial charge in [-0.05, 0) is 48.6 Å². The summed E-state index contributed by atoms with van der Waals surface area (Å²) in [6, 6.07) is 15.2. The van der Waals surface area contributed by atoms with Crippen molar-refractivity contribution in [1.29, 1.82) is 0 Å². The summed E-state index contributed by atoms with van der Waals surface area (Å²) >= 11 is 0. The van der Waals surface area contributed by atoms with Gasteiger partial charge in [-0.1, -0.05) is 12.1 Å². The monoisotopic (exact) mass is 391 g/mol. The van der Waals surface area contributed by atoms with Crippen LogP contribution < -0.4 is 10.2 Å². The van der Waals surface area contributed by atoms with Crippen LogP contribution in [0.2, 0.25) is 0 Å². The fourth-order valence-electron chi connectivity index (χ4n) is 2.49. The van der Waals surface area contributed by atoms with Crippen LogP contribution in [-0.4, -0.2) is 34.4 Å². The summed E-state index contributed by atoms with van der Waals surface area (Å²) in [5.74, 6) is 0.262. The predicted molar refractivity (Wildman–Crippen MR) is 109 cm³/mol. The number of allylic oxidation sites excluding steroid dienone is 1. The molecule has 1 heterocycles. The van der Waals surface area contributed by atoms with Gasteiger partial charge in [0.25, 0.3) is 11.6 Å². The molecule has 9 nitrogen and oxygen atoms in total. The zero-order valence-corrected chi connectivity index (χ0v) is 15.4. The molecule has 3 rings (SSSR count). The van der Waals surface area contributed by atoms with E-state index in [2.05, 4.69) is 20.7 Å². The lowest BCUT2D eigenvalue weighted by molar-refractivity contribution is -0.385. The number of carbonyl (C=O) groups excluding carboxylic acids is 1. The Bertz CT molecular complexity index is 1070. The Balaban J connectivity index is 1.60. The molecule has 0 saturated carbocycles. The van der Waals surface area contributed by atoms with Crippen molar-refractivity contribution in [3.05, 3.63) is 82.0 Å². The van der Waals surface area contributed by atoms with E-state index in [0.29, 0.717) is 11.3 Å². The molecule has 0 radical (unpaired) electrons. The van der Waals surface area contributed by atoms with Crippen LogP contribution in [0.25, 0.3) is 17.3 Å². The Morgan fingerprint density at radius 1 is 1.24 bits per heavy atom. The highest BCUT2D eigenvalue weighted by Gasteiger charge is 2.11. The summed E-state index contributed by atoms with van der Waals surface area (Å²) in [4.78, 5) is 22.6. The van der Waals surface area contributed by atoms with Gasteiger partial charge in [0, 0.05) is 17.8 Å². The number of H-pyrrole nitrogens is 1. The third kappa shape index (κ3) is 4.92. The molecule has 0 unspecified atom stereocenters. The Morgan fingerprint density at radius 3 is 2.72 bits per heavy atom. The van der Waals surface area contributed by atoms with E-state index in [0.717, 1.165) is 11.3 Å². The smallest absolute Gasteiger partial charge is 0.289 e. The third-order valence-corrected chi connectivity index (χ3v) is 3.94.